The molecule has 1 amide bonds. The van der Waals surface area contributed by atoms with Crippen molar-refractivity contribution in [1.29, 1.82) is 0 Å². The van der Waals surface area contributed by atoms with Gasteiger partial charge < -0.3 is 15.2 Å². The molecule has 5 atom stereocenters. The number of carbonyl (C=O) groups excluding carboxylic acids is 2. The first-order chi connectivity index (χ1) is 11.0. The van der Waals surface area contributed by atoms with Crippen LogP contribution in [-0.4, -0.2) is 35.6 Å². The molecule has 0 saturated heterocycles. The molecule has 2 saturated carbocycles. The third-order valence-corrected chi connectivity index (χ3v) is 5.37. The van der Waals surface area contributed by atoms with E-state index < -0.39 is 24.0 Å². The number of nitrogens with one attached hydrogen (secondary N) is 1. The quantitative estimate of drug-likeness (QED) is 0.576. The Morgan fingerprint density at radius 3 is 2.48 bits per heavy atom. The van der Waals surface area contributed by atoms with Crippen LogP contribution < -0.4 is 5.32 Å². The Bertz CT molecular complexity index is 439. The third kappa shape index (κ3) is 4.69. The number of ether oxygens (including phenoxy) is 1. The molecule has 0 bridgehead atoms. The lowest BCUT2D eigenvalue weighted by molar-refractivity contribution is -0.163. The van der Waals surface area contributed by atoms with Crippen LogP contribution in [0.25, 0.3) is 0 Å². The Morgan fingerprint density at radius 1 is 1.13 bits per heavy atom. The van der Waals surface area contributed by atoms with Gasteiger partial charge in [0.05, 0.1) is 5.92 Å². The predicted molar refractivity (Wildman–Crippen MR) is 83.6 cm³/mol. The first kappa shape index (κ1) is 17.8. The van der Waals surface area contributed by atoms with Crippen LogP contribution in [0.1, 0.15) is 58.3 Å². The molecule has 6 nitrogen and oxygen atoms in total. The second-order valence-corrected chi connectivity index (χ2v) is 6.87. The van der Waals surface area contributed by atoms with Crippen molar-refractivity contribution >= 4 is 18.3 Å². The van der Waals surface area contributed by atoms with Crippen LogP contribution >= 0.6 is 0 Å². The zero-order valence-corrected chi connectivity index (χ0v) is 13.7. The maximum absolute atomic E-state index is 11.7. The first-order valence-corrected chi connectivity index (χ1v) is 8.62. The van der Waals surface area contributed by atoms with E-state index in [0.717, 1.165) is 51.4 Å². The minimum absolute atomic E-state index is 0.00431. The fourth-order valence-corrected chi connectivity index (χ4v) is 4.40. The summed E-state index contributed by atoms with van der Waals surface area (Å²) >= 11 is 0. The molecule has 5 unspecified atom stereocenters. The van der Waals surface area contributed by atoms with Crippen LogP contribution in [0.15, 0.2) is 0 Å². The van der Waals surface area contributed by atoms with Gasteiger partial charge in [-0.15, -0.1) is 0 Å². The van der Waals surface area contributed by atoms with Crippen molar-refractivity contribution in [3.63, 3.8) is 0 Å². The van der Waals surface area contributed by atoms with Crippen LogP contribution in [0.2, 0.25) is 0 Å². The van der Waals surface area contributed by atoms with Crippen LogP contribution in [0, 0.1) is 17.8 Å². The molecule has 130 valence electrons. The number of esters is 1. The summed E-state index contributed by atoms with van der Waals surface area (Å²) in [7, 11) is 0. The van der Waals surface area contributed by atoms with Crippen LogP contribution in [-0.2, 0) is 19.1 Å². The Hall–Kier alpha value is -1.59. The number of aliphatic carboxylic acids is 1. The first-order valence-electron chi connectivity index (χ1n) is 8.62. The second kappa shape index (κ2) is 8.31. The van der Waals surface area contributed by atoms with Gasteiger partial charge in [0.25, 0.3) is 0 Å². The normalized spacial score (nSPS) is 34.4. The molecular formula is C17H27NO5. The molecule has 2 aliphatic rings. The van der Waals surface area contributed by atoms with E-state index >= 15 is 0 Å². The van der Waals surface area contributed by atoms with Gasteiger partial charge in [-0.2, -0.15) is 0 Å². The zero-order valence-electron chi connectivity index (χ0n) is 13.7. The fraction of sp³-hybridized carbons (Fsp3) is 0.824. The van der Waals surface area contributed by atoms with Gasteiger partial charge in [0.2, 0.25) is 6.41 Å². The second-order valence-electron chi connectivity index (χ2n) is 6.87. The number of hydrogen-bond acceptors (Lipinski definition) is 4. The van der Waals surface area contributed by atoms with E-state index in [0.29, 0.717) is 12.3 Å². The van der Waals surface area contributed by atoms with Crippen molar-refractivity contribution in [3.05, 3.63) is 0 Å². The van der Waals surface area contributed by atoms with E-state index in [-0.39, 0.29) is 12.0 Å². The van der Waals surface area contributed by atoms with Crippen LogP contribution in [0.3, 0.4) is 0 Å². The Balaban J connectivity index is 2.07. The Morgan fingerprint density at radius 2 is 1.83 bits per heavy atom. The average Bonchev–Trinajstić information content (AvgIpc) is 2.48. The van der Waals surface area contributed by atoms with E-state index in [1.807, 2.05) is 0 Å². The van der Waals surface area contributed by atoms with Crippen molar-refractivity contribution < 1.29 is 24.2 Å². The van der Waals surface area contributed by atoms with Gasteiger partial charge in [0.1, 0.15) is 6.10 Å². The molecule has 0 aromatic heterocycles. The summed E-state index contributed by atoms with van der Waals surface area (Å²) in [5.41, 5.74) is 0. The van der Waals surface area contributed by atoms with E-state index in [1.54, 1.807) is 0 Å². The maximum Gasteiger partial charge on any atom is 0.310 e. The molecule has 0 aromatic carbocycles. The highest BCUT2D eigenvalue weighted by Gasteiger charge is 2.42. The van der Waals surface area contributed by atoms with Crippen molar-refractivity contribution in [2.75, 3.05) is 0 Å². The van der Waals surface area contributed by atoms with E-state index in [4.69, 9.17) is 4.74 Å². The summed E-state index contributed by atoms with van der Waals surface area (Å²) in [6, 6.07) is 0.143. The fourth-order valence-electron chi connectivity index (χ4n) is 4.40. The van der Waals surface area contributed by atoms with E-state index in [1.165, 1.54) is 6.92 Å². The summed E-state index contributed by atoms with van der Waals surface area (Å²) in [6.07, 6.45) is 7.56. The Labute approximate surface area is 137 Å². The summed E-state index contributed by atoms with van der Waals surface area (Å²) in [5.74, 6) is -1.61. The monoisotopic (exact) mass is 325 g/mol. The predicted octanol–water partition coefficient (Wildman–Crippen LogP) is 2.11. The number of carbonyl (C=O) groups is 3. The molecule has 0 aromatic rings. The molecule has 2 rings (SSSR count). The molecule has 23 heavy (non-hydrogen) atoms. The van der Waals surface area contributed by atoms with Gasteiger partial charge in [0, 0.05) is 13.0 Å². The highest BCUT2D eigenvalue weighted by molar-refractivity contribution is 5.72. The molecule has 0 radical (unpaired) electrons. The lowest BCUT2D eigenvalue weighted by Crippen LogP contribution is -2.44. The molecule has 2 N–H and O–H groups in total. The number of amides is 1. The molecule has 0 aliphatic heterocycles. The maximum atomic E-state index is 11.7. The standard InChI is InChI=1S/C17H27NO5/c1-11(20)23-15-8-4-6-13(16(15)17(21)22)9-12-5-2-3-7-14(12)18-10-19/h10,12-16H,2-9H2,1H3,(H,18,19)(H,21,22). The van der Waals surface area contributed by atoms with Gasteiger partial charge >= 0.3 is 11.9 Å². The zero-order chi connectivity index (χ0) is 16.8. The van der Waals surface area contributed by atoms with Gasteiger partial charge in [-0.1, -0.05) is 12.8 Å². The summed E-state index contributed by atoms with van der Waals surface area (Å²) in [6.45, 7) is 1.33. The number of rotatable bonds is 6. The molecule has 0 spiro atoms. The minimum Gasteiger partial charge on any atom is -0.481 e. The third-order valence-electron chi connectivity index (χ3n) is 5.37. The summed E-state index contributed by atoms with van der Waals surface area (Å²) in [5, 5.41) is 12.5. The molecule has 2 fully saturated rings. The van der Waals surface area contributed by atoms with Gasteiger partial charge in [-0.25, -0.2) is 0 Å². The summed E-state index contributed by atoms with van der Waals surface area (Å²) in [4.78, 5) is 33.8. The van der Waals surface area contributed by atoms with Gasteiger partial charge in [-0.05, 0) is 50.4 Å². The van der Waals surface area contributed by atoms with Gasteiger partial charge in [0.15, 0.2) is 0 Å². The number of carboxylic acids is 1. The van der Waals surface area contributed by atoms with Crippen LogP contribution in [0.4, 0.5) is 0 Å². The highest BCUT2D eigenvalue weighted by atomic mass is 16.5. The Kier molecular flexibility index (Phi) is 6.42. The van der Waals surface area contributed by atoms with Crippen molar-refractivity contribution in [1.82, 2.24) is 5.32 Å². The highest BCUT2D eigenvalue weighted by Crippen LogP contribution is 2.40. The SMILES string of the molecule is CC(=O)OC1CCCC(CC2CCCCC2NC=O)C1C(=O)O. The number of hydrogen-bond donors (Lipinski definition) is 2. The molecule has 2 aliphatic carbocycles. The minimum atomic E-state index is -0.878. The van der Waals surface area contributed by atoms with Crippen LogP contribution in [0.5, 0.6) is 0 Å². The topological polar surface area (TPSA) is 92.7 Å². The smallest absolute Gasteiger partial charge is 0.310 e. The lowest BCUT2D eigenvalue weighted by Gasteiger charge is -2.39. The van der Waals surface area contributed by atoms with E-state index in [9.17, 15) is 19.5 Å². The largest absolute Gasteiger partial charge is 0.481 e. The van der Waals surface area contributed by atoms with Crippen molar-refractivity contribution in [3.8, 4) is 0 Å². The van der Waals surface area contributed by atoms with E-state index in [2.05, 4.69) is 5.32 Å². The van der Waals surface area contributed by atoms with Gasteiger partial charge in [-0.3, -0.25) is 14.4 Å². The molecular weight excluding hydrogens is 298 g/mol. The molecule has 0 heterocycles. The van der Waals surface area contributed by atoms with Crippen molar-refractivity contribution in [2.45, 2.75) is 70.4 Å². The summed E-state index contributed by atoms with van der Waals surface area (Å²) < 4.78 is 5.27. The molecule has 6 heteroatoms. The van der Waals surface area contributed by atoms with Crippen molar-refractivity contribution in [2.24, 2.45) is 17.8 Å². The lowest BCUT2D eigenvalue weighted by atomic mass is 9.70. The number of carboxylic acid groups (broad SMARTS) is 1. The average molecular weight is 325 g/mol.